The van der Waals surface area contributed by atoms with Crippen LogP contribution in [-0.2, 0) is 11.8 Å². The normalized spacial score (nSPS) is 12.0. The molecule has 0 saturated carbocycles. The summed E-state index contributed by atoms with van der Waals surface area (Å²) in [7, 11) is 2.03. The lowest BCUT2D eigenvalue weighted by Crippen LogP contribution is -2.27. The van der Waals surface area contributed by atoms with Gasteiger partial charge in [-0.2, -0.15) is 0 Å². The number of aryl methyl sites for hydroxylation is 1. The number of nitrogens with one attached hydrogen (secondary N) is 1. The highest BCUT2D eigenvalue weighted by molar-refractivity contribution is 6.08. The highest BCUT2D eigenvalue weighted by Crippen LogP contribution is 2.29. The smallest absolute Gasteiger partial charge is 0.230 e. The standard InChI is InChI=1S/C17H19N3O/c1-17(2,3)16(21)19-15-9-14-12(10-18-15)11-7-5-6-8-13(11)20(14)4/h5-10H,1-4H3,(H,18,19,21). The van der Waals surface area contributed by atoms with Crippen molar-refractivity contribution in [2.45, 2.75) is 20.8 Å². The van der Waals surface area contributed by atoms with Crippen molar-refractivity contribution in [3.05, 3.63) is 36.5 Å². The molecule has 0 aliphatic heterocycles. The molecule has 0 radical (unpaired) electrons. The van der Waals surface area contributed by atoms with Gasteiger partial charge in [-0.1, -0.05) is 39.0 Å². The summed E-state index contributed by atoms with van der Waals surface area (Å²) in [5.41, 5.74) is 1.79. The molecule has 0 spiro atoms. The Kier molecular flexibility index (Phi) is 2.97. The Morgan fingerprint density at radius 3 is 2.57 bits per heavy atom. The van der Waals surface area contributed by atoms with Crippen LogP contribution in [-0.4, -0.2) is 15.5 Å². The molecule has 0 bridgehead atoms. The Balaban J connectivity index is 2.11. The number of fused-ring (bicyclic) bond motifs is 3. The maximum Gasteiger partial charge on any atom is 0.230 e. The second-order valence-corrected chi connectivity index (χ2v) is 6.37. The van der Waals surface area contributed by atoms with Crippen molar-refractivity contribution in [3.63, 3.8) is 0 Å². The van der Waals surface area contributed by atoms with Crippen molar-refractivity contribution in [1.29, 1.82) is 0 Å². The van der Waals surface area contributed by atoms with E-state index in [4.69, 9.17) is 0 Å². The Bertz CT molecular complexity index is 840. The van der Waals surface area contributed by atoms with Crippen LogP contribution in [0.3, 0.4) is 0 Å². The number of para-hydroxylation sites is 1. The van der Waals surface area contributed by atoms with Gasteiger partial charge in [0, 0.05) is 41.0 Å². The molecule has 4 nitrogen and oxygen atoms in total. The van der Waals surface area contributed by atoms with E-state index < -0.39 is 5.41 Å². The third-order valence-corrected chi connectivity index (χ3v) is 3.72. The van der Waals surface area contributed by atoms with Crippen molar-refractivity contribution < 1.29 is 4.79 Å². The highest BCUT2D eigenvalue weighted by atomic mass is 16.2. The van der Waals surface area contributed by atoms with Gasteiger partial charge in [0.25, 0.3) is 0 Å². The molecular formula is C17H19N3O. The zero-order valence-electron chi connectivity index (χ0n) is 12.8. The average Bonchev–Trinajstić information content (AvgIpc) is 2.72. The Hall–Kier alpha value is -2.36. The summed E-state index contributed by atoms with van der Waals surface area (Å²) in [6.07, 6.45) is 1.83. The average molecular weight is 281 g/mol. The molecule has 0 atom stereocenters. The van der Waals surface area contributed by atoms with Gasteiger partial charge in [-0.3, -0.25) is 4.79 Å². The molecule has 2 aromatic heterocycles. The molecular weight excluding hydrogens is 262 g/mol. The number of amides is 1. The number of rotatable bonds is 1. The van der Waals surface area contributed by atoms with E-state index in [0.717, 1.165) is 16.4 Å². The maximum absolute atomic E-state index is 12.1. The minimum atomic E-state index is -0.435. The summed E-state index contributed by atoms with van der Waals surface area (Å²) in [6, 6.07) is 10.2. The van der Waals surface area contributed by atoms with Crippen LogP contribution in [0.15, 0.2) is 36.5 Å². The van der Waals surface area contributed by atoms with E-state index in [0.29, 0.717) is 5.82 Å². The minimum Gasteiger partial charge on any atom is -0.343 e. The molecule has 0 unspecified atom stereocenters. The predicted octanol–water partition coefficient (Wildman–Crippen LogP) is 3.71. The van der Waals surface area contributed by atoms with E-state index in [1.54, 1.807) is 0 Å². The van der Waals surface area contributed by atoms with Crippen LogP contribution in [0.1, 0.15) is 20.8 Å². The van der Waals surface area contributed by atoms with Gasteiger partial charge in [0.05, 0.1) is 5.52 Å². The van der Waals surface area contributed by atoms with Crippen LogP contribution < -0.4 is 5.32 Å². The molecule has 1 aromatic carbocycles. The van der Waals surface area contributed by atoms with E-state index >= 15 is 0 Å². The molecule has 1 N–H and O–H groups in total. The quantitative estimate of drug-likeness (QED) is 0.739. The highest BCUT2D eigenvalue weighted by Gasteiger charge is 2.21. The van der Waals surface area contributed by atoms with Crippen LogP contribution in [0, 0.1) is 5.41 Å². The fourth-order valence-corrected chi connectivity index (χ4v) is 2.43. The number of nitrogens with zero attached hydrogens (tertiary/aromatic N) is 2. The minimum absolute atomic E-state index is 0.0342. The zero-order chi connectivity index (χ0) is 15.2. The Labute approximate surface area is 123 Å². The van der Waals surface area contributed by atoms with E-state index in [9.17, 15) is 4.79 Å². The summed E-state index contributed by atoms with van der Waals surface area (Å²) < 4.78 is 2.12. The number of carbonyl (C=O) groups excluding carboxylic acids is 1. The van der Waals surface area contributed by atoms with Gasteiger partial charge < -0.3 is 9.88 Å². The third kappa shape index (κ3) is 2.27. The lowest BCUT2D eigenvalue weighted by atomic mass is 9.96. The second kappa shape index (κ2) is 4.58. The number of carbonyl (C=O) groups is 1. The van der Waals surface area contributed by atoms with Gasteiger partial charge in [-0.25, -0.2) is 4.98 Å². The van der Waals surface area contributed by atoms with E-state index in [1.165, 1.54) is 5.39 Å². The molecule has 3 rings (SSSR count). The van der Waals surface area contributed by atoms with E-state index in [-0.39, 0.29) is 5.91 Å². The van der Waals surface area contributed by atoms with Crippen LogP contribution in [0.25, 0.3) is 21.8 Å². The topological polar surface area (TPSA) is 46.9 Å². The fourth-order valence-electron chi connectivity index (χ4n) is 2.43. The van der Waals surface area contributed by atoms with Gasteiger partial charge in [-0.05, 0) is 6.07 Å². The van der Waals surface area contributed by atoms with Gasteiger partial charge >= 0.3 is 0 Å². The SMILES string of the molecule is Cn1c2ccccc2c2cnc(NC(=O)C(C)(C)C)cc21. The van der Waals surface area contributed by atoms with Crippen LogP contribution in [0.2, 0.25) is 0 Å². The number of pyridine rings is 1. The number of anilines is 1. The largest absolute Gasteiger partial charge is 0.343 e. The second-order valence-electron chi connectivity index (χ2n) is 6.37. The van der Waals surface area contributed by atoms with Crippen LogP contribution in [0.5, 0.6) is 0 Å². The number of benzene rings is 1. The Morgan fingerprint density at radius 1 is 1.14 bits per heavy atom. The third-order valence-electron chi connectivity index (χ3n) is 3.72. The van der Waals surface area contributed by atoms with Gasteiger partial charge in [0.2, 0.25) is 5.91 Å². The lowest BCUT2D eigenvalue weighted by molar-refractivity contribution is -0.123. The predicted molar refractivity (Wildman–Crippen MR) is 86.3 cm³/mol. The van der Waals surface area contributed by atoms with Gasteiger partial charge in [0.15, 0.2) is 0 Å². The molecule has 3 aromatic rings. The molecule has 2 heterocycles. The number of hydrogen-bond acceptors (Lipinski definition) is 2. The van der Waals surface area contributed by atoms with E-state index in [1.807, 2.05) is 52.2 Å². The summed E-state index contributed by atoms with van der Waals surface area (Å²) in [6.45, 7) is 5.66. The molecule has 1 amide bonds. The molecule has 0 fully saturated rings. The lowest BCUT2D eigenvalue weighted by Gasteiger charge is -2.17. The Morgan fingerprint density at radius 2 is 1.86 bits per heavy atom. The van der Waals surface area contributed by atoms with Crippen molar-refractivity contribution in [3.8, 4) is 0 Å². The fraction of sp³-hybridized carbons (Fsp3) is 0.294. The molecule has 21 heavy (non-hydrogen) atoms. The van der Waals surface area contributed by atoms with Crippen molar-refractivity contribution in [2.24, 2.45) is 12.5 Å². The monoisotopic (exact) mass is 281 g/mol. The first-order valence-corrected chi connectivity index (χ1v) is 7.02. The summed E-state index contributed by atoms with van der Waals surface area (Å²) in [5.74, 6) is 0.557. The maximum atomic E-state index is 12.1. The van der Waals surface area contributed by atoms with Crippen LogP contribution in [0.4, 0.5) is 5.82 Å². The molecule has 0 aliphatic rings. The molecule has 4 heteroatoms. The van der Waals surface area contributed by atoms with Crippen molar-refractivity contribution >= 4 is 33.5 Å². The summed E-state index contributed by atoms with van der Waals surface area (Å²) in [4.78, 5) is 16.4. The number of aromatic nitrogens is 2. The van der Waals surface area contributed by atoms with Crippen molar-refractivity contribution in [1.82, 2.24) is 9.55 Å². The molecule has 0 aliphatic carbocycles. The molecule has 108 valence electrons. The van der Waals surface area contributed by atoms with Crippen molar-refractivity contribution in [2.75, 3.05) is 5.32 Å². The van der Waals surface area contributed by atoms with Gasteiger partial charge in [-0.15, -0.1) is 0 Å². The first kappa shape index (κ1) is 13.6. The summed E-state index contributed by atoms with van der Waals surface area (Å²) >= 11 is 0. The zero-order valence-corrected chi connectivity index (χ0v) is 12.8. The summed E-state index contributed by atoms with van der Waals surface area (Å²) in [5, 5.41) is 5.16. The van der Waals surface area contributed by atoms with Gasteiger partial charge in [0.1, 0.15) is 5.82 Å². The van der Waals surface area contributed by atoms with E-state index in [2.05, 4.69) is 27.0 Å². The number of hydrogen-bond donors (Lipinski definition) is 1. The molecule has 0 saturated heterocycles. The first-order valence-electron chi connectivity index (χ1n) is 7.02. The van der Waals surface area contributed by atoms with Crippen LogP contribution >= 0.6 is 0 Å². The first-order chi connectivity index (χ1) is 9.88.